The van der Waals surface area contributed by atoms with Gasteiger partial charge in [0.2, 0.25) is 6.29 Å². The van der Waals surface area contributed by atoms with E-state index >= 15 is 0 Å². The van der Waals surface area contributed by atoms with Crippen LogP contribution in [0.3, 0.4) is 0 Å². The van der Waals surface area contributed by atoms with Gasteiger partial charge in [0.05, 0.1) is 0 Å². The second kappa shape index (κ2) is 1.72. The summed E-state index contributed by atoms with van der Waals surface area (Å²) in [4.78, 5) is 9.50. The zero-order chi connectivity index (χ0) is 7.12. The van der Waals surface area contributed by atoms with Crippen LogP contribution in [-0.2, 0) is 4.79 Å². The van der Waals surface area contributed by atoms with Crippen LogP contribution in [0.4, 0.5) is 0 Å². The minimum Gasteiger partial charge on any atom is -0.289 e. The van der Waals surface area contributed by atoms with E-state index in [-0.39, 0.29) is 5.41 Å². The molecule has 1 rings (SSSR count). The molecule has 1 aliphatic carbocycles. The summed E-state index contributed by atoms with van der Waals surface area (Å²) >= 11 is 5.75. The Hall–Kier alpha value is -0.0400. The molecule has 0 aromatic heterocycles. The molecule has 2 heteroatoms. The van der Waals surface area contributed by atoms with Gasteiger partial charge in [-0.25, -0.2) is 0 Å². The second-order valence-electron chi connectivity index (χ2n) is 3.59. The van der Waals surface area contributed by atoms with Crippen molar-refractivity contribution in [1.29, 1.82) is 0 Å². The number of carbonyl (C=O) groups excluding carboxylic acids is 1. The Morgan fingerprint density at radius 3 is 2.00 bits per heavy atom. The van der Waals surface area contributed by atoms with E-state index in [1.807, 2.05) is 6.29 Å². The van der Waals surface area contributed by atoms with E-state index < -0.39 is 4.87 Å². The minimum absolute atomic E-state index is 0.263. The van der Waals surface area contributed by atoms with Gasteiger partial charge in [-0.15, -0.1) is 11.6 Å². The highest BCUT2D eigenvalue weighted by atomic mass is 35.5. The van der Waals surface area contributed by atoms with Crippen molar-refractivity contribution in [3.05, 3.63) is 0 Å². The molecule has 1 aliphatic rings. The van der Waals surface area contributed by atoms with Crippen LogP contribution in [0.25, 0.3) is 0 Å². The first-order chi connectivity index (χ1) is 3.97. The Kier molecular flexibility index (Phi) is 1.35. The topological polar surface area (TPSA) is 17.1 Å². The highest BCUT2D eigenvalue weighted by molar-refractivity contribution is 6.32. The number of hydrogen-bond donors (Lipinski definition) is 0. The van der Waals surface area contributed by atoms with Crippen LogP contribution >= 0.6 is 11.6 Å². The molecule has 1 fully saturated rings. The van der Waals surface area contributed by atoms with Crippen molar-refractivity contribution >= 4 is 17.9 Å². The molecule has 0 amide bonds. The van der Waals surface area contributed by atoms with Crippen molar-refractivity contribution < 1.29 is 4.79 Å². The van der Waals surface area contributed by atoms with Crippen LogP contribution in [0.5, 0.6) is 0 Å². The van der Waals surface area contributed by atoms with Gasteiger partial charge in [0.15, 0.2) is 0 Å². The van der Waals surface area contributed by atoms with Crippen LogP contribution in [0.15, 0.2) is 0 Å². The van der Waals surface area contributed by atoms with E-state index in [4.69, 9.17) is 11.6 Å². The Morgan fingerprint density at radius 1 is 1.44 bits per heavy atom. The van der Waals surface area contributed by atoms with Crippen molar-refractivity contribution in [3.63, 3.8) is 0 Å². The smallest absolute Gasteiger partial charge is 0.221 e. The van der Waals surface area contributed by atoms with E-state index in [2.05, 4.69) is 13.8 Å². The lowest BCUT2D eigenvalue weighted by Gasteiger charge is -2.45. The lowest BCUT2D eigenvalue weighted by molar-refractivity contribution is 0.161. The summed E-state index contributed by atoms with van der Waals surface area (Å²) in [7, 11) is 0. The summed E-state index contributed by atoms with van der Waals surface area (Å²) in [5.41, 5.74) is 0.263. The third kappa shape index (κ3) is 1.26. The fraction of sp³-hybridized carbons (Fsp3) is 0.857. The average molecular weight is 146 g/mol. The first-order valence-electron chi connectivity index (χ1n) is 3.06. The zero-order valence-corrected chi connectivity index (χ0v) is 6.46. The molecule has 0 bridgehead atoms. The predicted molar refractivity (Wildman–Crippen MR) is 37.3 cm³/mol. The molecule has 0 atom stereocenters. The molecule has 0 unspecified atom stereocenters. The molecule has 0 N–H and O–H groups in total. The third-order valence-corrected chi connectivity index (χ3v) is 2.04. The Bertz CT molecular complexity index is 132. The van der Waals surface area contributed by atoms with Crippen molar-refractivity contribution in [2.75, 3.05) is 0 Å². The summed E-state index contributed by atoms with van der Waals surface area (Å²) in [6.07, 6.45) is 3.39. The Morgan fingerprint density at radius 2 is 1.89 bits per heavy atom. The SMILES string of the molecule is CC1(C)CC(Cl)([C]=O)C1. The summed E-state index contributed by atoms with van der Waals surface area (Å²) < 4.78 is 0. The Balaban J connectivity index is 2.50. The van der Waals surface area contributed by atoms with Crippen molar-refractivity contribution in [2.45, 2.75) is 31.6 Å². The van der Waals surface area contributed by atoms with E-state index in [1.165, 1.54) is 0 Å². The fourth-order valence-electron chi connectivity index (χ4n) is 1.54. The predicted octanol–water partition coefficient (Wildman–Crippen LogP) is 1.89. The van der Waals surface area contributed by atoms with Gasteiger partial charge in [-0.05, 0) is 18.3 Å². The number of alkyl halides is 1. The minimum atomic E-state index is -0.635. The lowest BCUT2D eigenvalue weighted by atomic mass is 9.64. The third-order valence-electron chi connectivity index (χ3n) is 1.70. The normalized spacial score (nSPS) is 28.8. The molecule has 0 aromatic rings. The molecule has 0 heterocycles. The number of halogens is 1. The van der Waals surface area contributed by atoms with Gasteiger partial charge < -0.3 is 0 Å². The highest BCUT2D eigenvalue weighted by Gasteiger charge is 2.48. The van der Waals surface area contributed by atoms with E-state index in [9.17, 15) is 4.79 Å². The molecule has 1 radical (unpaired) electrons. The second-order valence-corrected chi connectivity index (χ2v) is 4.31. The maximum Gasteiger partial charge on any atom is 0.221 e. The molecule has 0 aliphatic heterocycles. The standard InChI is InChI=1S/C7H10ClO/c1-6(2)3-7(8,4-6)5-9/h3-4H2,1-2H3. The highest BCUT2D eigenvalue weighted by Crippen LogP contribution is 2.50. The van der Waals surface area contributed by atoms with Gasteiger partial charge in [0, 0.05) is 0 Å². The average Bonchev–Trinajstić information content (AvgIpc) is 1.61. The monoisotopic (exact) mass is 145 g/mol. The van der Waals surface area contributed by atoms with Gasteiger partial charge in [0.25, 0.3) is 0 Å². The first kappa shape index (κ1) is 7.07. The number of rotatable bonds is 1. The van der Waals surface area contributed by atoms with Crippen LogP contribution in [-0.4, -0.2) is 11.2 Å². The van der Waals surface area contributed by atoms with Gasteiger partial charge in [-0.1, -0.05) is 13.8 Å². The number of hydrogen-bond acceptors (Lipinski definition) is 1. The maximum atomic E-state index is 10.1. The molecule has 0 aromatic carbocycles. The maximum absolute atomic E-state index is 10.1. The summed E-state index contributed by atoms with van der Waals surface area (Å²) in [5, 5.41) is 0. The van der Waals surface area contributed by atoms with Crippen LogP contribution in [0, 0.1) is 5.41 Å². The largest absolute Gasteiger partial charge is 0.289 e. The molecule has 51 valence electrons. The molecule has 1 saturated carbocycles. The van der Waals surface area contributed by atoms with Gasteiger partial charge in [-0.3, -0.25) is 4.79 Å². The van der Waals surface area contributed by atoms with Crippen molar-refractivity contribution in [1.82, 2.24) is 0 Å². The molecular weight excluding hydrogens is 136 g/mol. The van der Waals surface area contributed by atoms with E-state index in [0.29, 0.717) is 0 Å². The quantitative estimate of drug-likeness (QED) is 0.515. The van der Waals surface area contributed by atoms with Gasteiger partial charge in [-0.2, -0.15) is 0 Å². The molecule has 0 saturated heterocycles. The van der Waals surface area contributed by atoms with Crippen LogP contribution in [0.2, 0.25) is 0 Å². The van der Waals surface area contributed by atoms with Gasteiger partial charge in [0.1, 0.15) is 4.87 Å². The first-order valence-corrected chi connectivity index (χ1v) is 3.44. The van der Waals surface area contributed by atoms with E-state index in [1.54, 1.807) is 0 Å². The Labute approximate surface area is 60.4 Å². The molecule has 0 spiro atoms. The fourth-order valence-corrected chi connectivity index (χ4v) is 2.26. The summed E-state index contributed by atoms with van der Waals surface area (Å²) in [6.45, 7) is 4.20. The van der Waals surface area contributed by atoms with Crippen LogP contribution in [0.1, 0.15) is 26.7 Å². The van der Waals surface area contributed by atoms with Gasteiger partial charge >= 0.3 is 0 Å². The molecule has 1 nitrogen and oxygen atoms in total. The van der Waals surface area contributed by atoms with Crippen LogP contribution < -0.4 is 0 Å². The van der Waals surface area contributed by atoms with E-state index in [0.717, 1.165) is 12.8 Å². The molecular formula is C7H10ClO. The molecule has 9 heavy (non-hydrogen) atoms. The van der Waals surface area contributed by atoms with Crippen molar-refractivity contribution in [2.24, 2.45) is 5.41 Å². The zero-order valence-electron chi connectivity index (χ0n) is 5.70. The lowest BCUT2D eigenvalue weighted by Crippen LogP contribution is -2.45. The van der Waals surface area contributed by atoms with Crippen molar-refractivity contribution in [3.8, 4) is 0 Å². The summed E-state index contributed by atoms with van der Waals surface area (Å²) in [6, 6.07) is 0. The summed E-state index contributed by atoms with van der Waals surface area (Å²) in [5.74, 6) is 0.